The third-order valence-corrected chi connectivity index (χ3v) is 6.34. The molecule has 7 heteroatoms. The highest BCUT2D eigenvalue weighted by Gasteiger charge is 2.54. The number of carbonyl (C=O) groups excluding carboxylic acids is 1. The van der Waals surface area contributed by atoms with E-state index in [0.29, 0.717) is 29.0 Å². The van der Waals surface area contributed by atoms with Gasteiger partial charge in [0.15, 0.2) is 0 Å². The average molecular weight is 345 g/mol. The average Bonchev–Trinajstić information content (AvgIpc) is 2.53. The second-order valence-corrected chi connectivity index (χ2v) is 8.19. The molecular formula is C18H23N3O4. The van der Waals surface area contributed by atoms with Gasteiger partial charge in [-0.15, -0.1) is 0 Å². The van der Waals surface area contributed by atoms with E-state index in [2.05, 4.69) is 10.4 Å². The topological polar surface area (TPSA) is 101 Å². The van der Waals surface area contributed by atoms with E-state index in [4.69, 9.17) is 5.11 Å². The summed E-state index contributed by atoms with van der Waals surface area (Å²) in [6, 6.07) is 0. The third-order valence-electron chi connectivity index (χ3n) is 6.34. The van der Waals surface area contributed by atoms with E-state index in [-0.39, 0.29) is 11.3 Å². The Morgan fingerprint density at radius 1 is 1.24 bits per heavy atom. The Balaban J connectivity index is 1.56. The SMILES string of the molecule is Cc1c(NC(=O)C23CC4CC(CC(C4)C2)C3)cnn(CC(=O)O)c1=O. The number of hydrogen-bond acceptors (Lipinski definition) is 4. The summed E-state index contributed by atoms with van der Waals surface area (Å²) in [5.41, 5.74) is -0.0515. The molecule has 1 amide bonds. The van der Waals surface area contributed by atoms with Crippen LogP contribution in [-0.2, 0) is 16.1 Å². The maximum Gasteiger partial charge on any atom is 0.325 e. The summed E-state index contributed by atoms with van der Waals surface area (Å²) in [6.45, 7) is 1.11. The Labute approximate surface area is 145 Å². The summed E-state index contributed by atoms with van der Waals surface area (Å²) in [6.07, 6.45) is 8.03. The Morgan fingerprint density at radius 2 is 1.80 bits per heavy atom. The highest BCUT2D eigenvalue weighted by atomic mass is 16.4. The second kappa shape index (κ2) is 5.68. The van der Waals surface area contributed by atoms with Crippen molar-refractivity contribution >= 4 is 17.6 Å². The molecule has 4 saturated carbocycles. The van der Waals surface area contributed by atoms with Crippen LogP contribution in [0.25, 0.3) is 0 Å². The lowest BCUT2D eigenvalue weighted by atomic mass is 9.49. The number of nitrogens with zero attached hydrogens (tertiary/aromatic N) is 2. The highest BCUT2D eigenvalue weighted by molar-refractivity contribution is 5.96. The molecule has 134 valence electrons. The van der Waals surface area contributed by atoms with Crippen LogP contribution in [0.15, 0.2) is 11.0 Å². The van der Waals surface area contributed by atoms with Gasteiger partial charge in [-0.3, -0.25) is 14.4 Å². The van der Waals surface area contributed by atoms with Gasteiger partial charge in [0.2, 0.25) is 5.91 Å². The molecule has 0 unspecified atom stereocenters. The van der Waals surface area contributed by atoms with E-state index < -0.39 is 18.1 Å². The van der Waals surface area contributed by atoms with E-state index in [1.54, 1.807) is 6.92 Å². The molecule has 4 aliphatic rings. The molecule has 1 aromatic rings. The fourth-order valence-electron chi connectivity index (χ4n) is 5.60. The second-order valence-electron chi connectivity index (χ2n) is 8.19. The van der Waals surface area contributed by atoms with Crippen molar-refractivity contribution in [3.05, 3.63) is 22.1 Å². The normalized spacial score (nSPS) is 32.6. The summed E-state index contributed by atoms with van der Waals surface area (Å²) in [4.78, 5) is 36.1. The lowest BCUT2D eigenvalue weighted by Gasteiger charge is -2.55. The van der Waals surface area contributed by atoms with Crippen molar-refractivity contribution in [2.24, 2.45) is 23.2 Å². The summed E-state index contributed by atoms with van der Waals surface area (Å²) < 4.78 is 0.901. The molecule has 7 nitrogen and oxygen atoms in total. The van der Waals surface area contributed by atoms with Crippen molar-refractivity contribution in [2.45, 2.75) is 52.0 Å². The van der Waals surface area contributed by atoms with Gasteiger partial charge in [0, 0.05) is 5.56 Å². The first kappa shape index (κ1) is 16.3. The minimum atomic E-state index is -1.13. The molecule has 5 rings (SSSR count). The number of carbonyl (C=O) groups is 2. The molecule has 0 radical (unpaired) electrons. The Kier molecular flexibility index (Phi) is 3.70. The van der Waals surface area contributed by atoms with E-state index in [1.807, 2.05) is 0 Å². The van der Waals surface area contributed by atoms with Crippen LogP contribution in [0.5, 0.6) is 0 Å². The van der Waals surface area contributed by atoms with Crippen LogP contribution in [0, 0.1) is 30.1 Å². The number of rotatable bonds is 4. The van der Waals surface area contributed by atoms with Gasteiger partial charge in [-0.05, 0) is 63.2 Å². The van der Waals surface area contributed by atoms with Crippen LogP contribution >= 0.6 is 0 Å². The molecule has 0 aliphatic heterocycles. The minimum absolute atomic E-state index is 0.00637. The van der Waals surface area contributed by atoms with Crippen molar-refractivity contribution in [2.75, 3.05) is 5.32 Å². The molecule has 25 heavy (non-hydrogen) atoms. The zero-order valence-electron chi connectivity index (χ0n) is 14.3. The van der Waals surface area contributed by atoms with E-state index in [9.17, 15) is 14.4 Å². The van der Waals surface area contributed by atoms with Crippen molar-refractivity contribution in [3.8, 4) is 0 Å². The summed E-state index contributed by atoms with van der Waals surface area (Å²) in [5, 5.41) is 15.6. The summed E-state index contributed by atoms with van der Waals surface area (Å²) in [5.74, 6) is 0.880. The van der Waals surface area contributed by atoms with Crippen molar-refractivity contribution in [3.63, 3.8) is 0 Å². The largest absolute Gasteiger partial charge is 0.480 e. The van der Waals surface area contributed by atoms with Crippen LogP contribution < -0.4 is 10.9 Å². The van der Waals surface area contributed by atoms with Gasteiger partial charge < -0.3 is 10.4 Å². The summed E-state index contributed by atoms with van der Waals surface area (Å²) in [7, 11) is 0. The van der Waals surface area contributed by atoms with Crippen molar-refractivity contribution < 1.29 is 14.7 Å². The number of hydrogen-bond donors (Lipinski definition) is 2. The molecule has 1 heterocycles. The van der Waals surface area contributed by atoms with Gasteiger partial charge in [-0.1, -0.05) is 0 Å². The molecule has 0 spiro atoms. The van der Waals surface area contributed by atoms with Gasteiger partial charge in [-0.2, -0.15) is 5.10 Å². The van der Waals surface area contributed by atoms with Crippen LogP contribution in [0.1, 0.15) is 44.1 Å². The van der Waals surface area contributed by atoms with E-state index in [0.717, 1.165) is 23.9 Å². The van der Waals surface area contributed by atoms with Gasteiger partial charge >= 0.3 is 5.97 Å². The van der Waals surface area contributed by atoms with Gasteiger partial charge in [-0.25, -0.2) is 4.68 Å². The predicted octanol–water partition coefficient (Wildman–Crippen LogP) is 1.79. The number of carboxylic acids is 1. The maximum absolute atomic E-state index is 13.1. The molecular weight excluding hydrogens is 322 g/mol. The highest BCUT2D eigenvalue weighted by Crippen LogP contribution is 2.60. The fourth-order valence-corrected chi connectivity index (χ4v) is 5.60. The van der Waals surface area contributed by atoms with Gasteiger partial charge in [0.25, 0.3) is 5.56 Å². The van der Waals surface area contributed by atoms with Gasteiger partial charge in [0.05, 0.1) is 17.3 Å². The lowest BCUT2D eigenvalue weighted by Crippen LogP contribution is -2.52. The fraction of sp³-hybridized carbons (Fsp3) is 0.667. The Hall–Kier alpha value is -2.18. The Bertz CT molecular complexity index is 763. The number of carboxylic acid groups (broad SMARTS) is 1. The quantitative estimate of drug-likeness (QED) is 0.866. The molecule has 0 atom stereocenters. The zero-order chi connectivity index (χ0) is 17.8. The standard InChI is InChI=1S/C18H23N3O4/c1-10-14(8-19-21(16(10)24)9-15(22)23)20-17(25)18-5-11-2-12(6-18)4-13(3-11)7-18/h8,11-13H,2-7,9H2,1H3,(H,20,25)(H,22,23). The van der Waals surface area contributed by atoms with Crippen molar-refractivity contribution in [1.82, 2.24) is 9.78 Å². The number of nitrogens with one attached hydrogen (secondary N) is 1. The van der Waals surface area contributed by atoms with Crippen LogP contribution in [0.4, 0.5) is 5.69 Å². The molecule has 1 aromatic heterocycles. The van der Waals surface area contributed by atoms with E-state index in [1.165, 1.54) is 25.5 Å². The number of anilines is 1. The van der Waals surface area contributed by atoms with Crippen molar-refractivity contribution in [1.29, 1.82) is 0 Å². The molecule has 4 aliphatic carbocycles. The van der Waals surface area contributed by atoms with Gasteiger partial charge in [0.1, 0.15) is 6.54 Å². The smallest absolute Gasteiger partial charge is 0.325 e. The third kappa shape index (κ3) is 2.75. The zero-order valence-corrected chi connectivity index (χ0v) is 14.3. The number of amides is 1. The molecule has 2 N–H and O–H groups in total. The van der Waals surface area contributed by atoms with E-state index >= 15 is 0 Å². The monoisotopic (exact) mass is 345 g/mol. The number of aromatic nitrogens is 2. The molecule has 0 aromatic carbocycles. The number of aliphatic carboxylic acids is 1. The first-order valence-electron chi connectivity index (χ1n) is 8.96. The van der Waals surface area contributed by atoms with Crippen LogP contribution in [0.3, 0.4) is 0 Å². The maximum atomic E-state index is 13.1. The van der Waals surface area contributed by atoms with Crippen LogP contribution in [-0.4, -0.2) is 26.8 Å². The molecule has 4 bridgehead atoms. The lowest BCUT2D eigenvalue weighted by molar-refractivity contribution is -0.140. The molecule has 0 saturated heterocycles. The Morgan fingerprint density at radius 3 is 2.32 bits per heavy atom. The predicted molar refractivity (Wildman–Crippen MR) is 90.1 cm³/mol. The first-order valence-corrected chi connectivity index (χ1v) is 8.96. The molecule has 4 fully saturated rings. The van der Waals surface area contributed by atoms with Crippen LogP contribution in [0.2, 0.25) is 0 Å². The first-order chi connectivity index (χ1) is 11.9. The summed E-state index contributed by atoms with van der Waals surface area (Å²) >= 11 is 0. The minimum Gasteiger partial charge on any atom is -0.480 e.